The van der Waals surface area contributed by atoms with Gasteiger partial charge in [-0.25, -0.2) is 0 Å². The second-order valence-electron chi connectivity index (χ2n) is 5.41. The van der Waals surface area contributed by atoms with Gasteiger partial charge < -0.3 is 0 Å². The van der Waals surface area contributed by atoms with Crippen LogP contribution >= 0.6 is 11.3 Å². The first-order valence-corrected chi connectivity index (χ1v) is 6.37. The highest BCUT2D eigenvalue weighted by molar-refractivity contribution is 7.10. The van der Waals surface area contributed by atoms with Gasteiger partial charge in [-0.1, -0.05) is 13.8 Å². The van der Waals surface area contributed by atoms with E-state index in [1.54, 1.807) is 11.3 Å². The fourth-order valence-corrected chi connectivity index (χ4v) is 2.68. The zero-order valence-corrected chi connectivity index (χ0v) is 11.5. The highest BCUT2D eigenvalue weighted by Crippen LogP contribution is 2.30. The standard InChI is InChI=1S/C13H20N2S/c1-10-6-7-16-11(10)12(2,3)9-15-13(4,5)8-14/h6-7,15H,9H2,1-5H3. The van der Waals surface area contributed by atoms with Crippen molar-refractivity contribution >= 4 is 11.3 Å². The second-order valence-corrected chi connectivity index (χ2v) is 6.32. The molecule has 88 valence electrons. The van der Waals surface area contributed by atoms with E-state index in [0.717, 1.165) is 6.54 Å². The minimum absolute atomic E-state index is 0.0758. The third-order valence-corrected chi connectivity index (χ3v) is 4.11. The molecule has 1 N–H and O–H groups in total. The number of hydrogen-bond acceptors (Lipinski definition) is 3. The van der Waals surface area contributed by atoms with Gasteiger partial charge in [0.1, 0.15) is 5.54 Å². The van der Waals surface area contributed by atoms with Crippen LogP contribution in [-0.2, 0) is 5.41 Å². The Kier molecular flexibility index (Phi) is 3.77. The predicted octanol–water partition coefficient (Wildman–Crippen LogP) is 3.23. The van der Waals surface area contributed by atoms with E-state index in [1.807, 2.05) is 13.8 Å². The van der Waals surface area contributed by atoms with Gasteiger partial charge in [-0.15, -0.1) is 11.3 Å². The van der Waals surface area contributed by atoms with Gasteiger partial charge in [0.2, 0.25) is 0 Å². The lowest BCUT2D eigenvalue weighted by Gasteiger charge is -2.29. The lowest BCUT2D eigenvalue weighted by Crippen LogP contribution is -2.44. The molecule has 0 atom stereocenters. The first-order chi connectivity index (χ1) is 7.28. The maximum atomic E-state index is 8.97. The van der Waals surface area contributed by atoms with Crippen LogP contribution in [0, 0.1) is 18.3 Å². The summed E-state index contributed by atoms with van der Waals surface area (Å²) in [5.74, 6) is 0. The summed E-state index contributed by atoms with van der Waals surface area (Å²) >= 11 is 1.79. The van der Waals surface area contributed by atoms with E-state index in [1.165, 1.54) is 10.4 Å². The Morgan fingerprint density at radius 3 is 2.44 bits per heavy atom. The number of nitrogens with one attached hydrogen (secondary N) is 1. The molecule has 0 saturated heterocycles. The van der Waals surface area contributed by atoms with Crippen molar-refractivity contribution in [1.82, 2.24) is 5.32 Å². The van der Waals surface area contributed by atoms with Gasteiger partial charge in [-0.05, 0) is 37.8 Å². The molecule has 1 rings (SSSR count). The molecule has 0 spiro atoms. The lowest BCUT2D eigenvalue weighted by atomic mass is 9.88. The molecule has 3 heteroatoms. The van der Waals surface area contributed by atoms with Crippen molar-refractivity contribution in [2.45, 2.75) is 45.6 Å². The minimum Gasteiger partial charge on any atom is -0.299 e. The maximum absolute atomic E-state index is 8.97. The molecule has 1 heterocycles. The molecular formula is C13H20N2S. The van der Waals surface area contributed by atoms with Crippen molar-refractivity contribution in [3.8, 4) is 6.07 Å². The van der Waals surface area contributed by atoms with Gasteiger partial charge in [0.05, 0.1) is 6.07 Å². The SMILES string of the molecule is Cc1ccsc1C(C)(C)CNC(C)(C)C#N. The predicted molar refractivity (Wildman–Crippen MR) is 69.8 cm³/mol. The average Bonchev–Trinajstić information content (AvgIpc) is 2.63. The summed E-state index contributed by atoms with van der Waals surface area (Å²) < 4.78 is 0. The van der Waals surface area contributed by atoms with E-state index >= 15 is 0 Å². The number of nitriles is 1. The molecule has 0 fully saturated rings. The van der Waals surface area contributed by atoms with Crippen molar-refractivity contribution in [3.05, 3.63) is 21.9 Å². The first-order valence-electron chi connectivity index (χ1n) is 5.49. The Balaban J connectivity index is 2.74. The topological polar surface area (TPSA) is 35.8 Å². The third-order valence-electron chi connectivity index (χ3n) is 2.73. The van der Waals surface area contributed by atoms with E-state index in [2.05, 4.69) is 43.6 Å². The normalized spacial score (nSPS) is 12.5. The fraction of sp³-hybridized carbons (Fsp3) is 0.615. The Bertz CT molecular complexity index is 396. The molecule has 0 unspecified atom stereocenters. The molecule has 1 aromatic rings. The van der Waals surface area contributed by atoms with Crippen LogP contribution in [0.4, 0.5) is 0 Å². The zero-order chi connectivity index (χ0) is 12.4. The van der Waals surface area contributed by atoms with E-state index in [0.29, 0.717) is 0 Å². The van der Waals surface area contributed by atoms with Crippen LogP contribution in [0.2, 0.25) is 0 Å². The quantitative estimate of drug-likeness (QED) is 0.871. The van der Waals surface area contributed by atoms with Crippen molar-refractivity contribution < 1.29 is 0 Å². The number of hydrogen-bond donors (Lipinski definition) is 1. The molecule has 0 aliphatic carbocycles. The van der Waals surface area contributed by atoms with E-state index < -0.39 is 5.54 Å². The molecule has 16 heavy (non-hydrogen) atoms. The van der Waals surface area contributed by atoms with Crippen LogP contribution < -0.4 is 5.32 Å². The van der Waals surface area contributed by atoms with Gasteiger partial charge in [-0.2, -0.15) is 5.26 Å². The summed E-state index contributed by atoms with van der Waals surface area (Å²) in [6.45, 7) is 11.2. The molecule has 0 aromatic carbocycles. The van der Waals surface area contributed by atoms with Crippen molar-refractivity contribution in [2.24, 2.45) is 0 Å². The Labute approximate surface area is 102 Å². The fourth-order valence-electron chi connectivity index (χ4n) is 1.63. The van der Waals surface area contributed by atoms with E-state index in [-0.39, 0.29) is 5.41 Å². The zero-order valence-electron chi connectivity index (χ0n) is 10.7. The van der Waals surface area contributed by atoms with Gasteiger partial charge in [0.25, 0.3) is 0 Å². The summed E-state index contributed by atoms with van der Waals surface area (Å²) in [6, 6.07) is 4.42. The lowest BCUT2D eigenvalue weighted by molar-refractivity contribution is 0.401. The third kappa shape index (κ3) is 3.07. The highest BCUT2D eigenvalue weighted by Gasteiger charge is 2.26. The van der Waals surface area contributed by atoms with Crippen LogP contribution in [0.3, 0.4) is 0 Å². The van der Waals surface area contributed by atoms with Crippen molar-refractivity contribution in [1.29, 1.82) is 5.26 Å². The van der Waals surface area contributed by atoms with Crippen molar-refractivity contribution in [2.75, 3.05) is 6.54 Å². The molecular weight excluding hydrogens is 216 g/mol. The molecule has 1 aromatic heterocycles. The smallest absolute Gasteiger partial charge is 0.101 e. The van der Waals surface area contributed by atoms with Crippen LogP contribution in [0.15, 0.2) is 11.4 Å². The van der Waals surface area contributed by atoms with Gasteiger partial charge >= 0.3 is 0 Å². The number of rotatable bonds is 4. The van der Waals surface area contributed by atoms with Gasteiger partial charge in [0, 0.05) is 16.8 Å². The summed E-state index contributed by atoms with van der Waals surface area (Å²) in [5, 5.41) is 14.4. The Morgan fingerprint density at radius 2 is 2.00 bits per heavy atom. The molecule has 2 nitrogen and oxygen atoms in total. The van der Waals surface area contributed by atoms with Crippen LogP contribution in [0.5, 0.6) is 0 Å². The number of nitrogens with zero attached hydrogens (tertiary/aromatic N) is 1. The average molecular weight is 236 g/mol. The second kappa shape index (κ2) is 4.57. The number of aryl methyl sites for hydroxylation is 1. The van der Waals surface area contributed by atoms with Gasteiger partial charge in [-0.3, -0.25) is 5.32 Å². The van der Waals surface area contributed by atoms with Gasteiger partial charge in [0.15, 0.2) is 0 Å². The van der Waals surface area contributed by atoms with E-state index in [4.69, 9.17) is 5.26 Å². The number of thiophene rings is 1. The van der Waals surface area contributed by atoms with Crippen molar-refractivity contribution in [3.63, 3.8) is 0 Å². The molecule has 0 aliphatic heterocycles. The molecule has 0 bridgehead atoms. The van der Waals surface area contributed by atoms with E-state index in [9.17, 15) is 0 Å². The molecule has 0 aliphatic rings. The summed E-state index contributed by atoms with van der Waals surface area (Å²) in [5.41, 5.74) is 0.959. The summed E-state index contributed by atoms with van der Waals surface area (Å²) in [4.78, 5) is 1.40. The Morgan fingerprint density at radius 1 is 1.38 bits per heavy atom. The molecule has 0 saturated carbocycles. The van der Waals surface area contributed by atoms with Crippen LogP contribution in [0.25, 0.3) is 0 Å². The monoisotopic (exact) mass is 236 g/mol. The first kappa shape index (κ1) is 13.2. The maximum Gasteiger partial charge on any atom is 0.101 e. The minimum atomic E-state index is -0.456. The Hall–Kier alpha value is -0.850. The molecule has 0 amide bonds. The molecule has 0 radical (unpaired) electrons. The van der Waals surface area contributed by atoms with Crippen LogP contribution in [0.1, 0.15) is 38.1 Å². The summed E-state index contributed by atoms with van der Waals surface area (Å²) in [7, 11) is 0. The highest BCUT2D eigenvalue weighted by atomic mass is 32.1. The largest absolute Gasteiger partial charge is 0.299 e. The van der Waals surface area contributed by atoms with Crippen LogP contribution in [-0.4, -0.2) is 12.1 Å². The summed E-state index contributed by atoms with van der Waals surface area (Å²) in [6.07, 6.45) is 0.